The van der Waals surface area contributed by atoms with Gasteiger partial charge in [-0.2, -0.15) is 0 Å². The van der Waals surface area contributed by atoms with Gasteiger partial charge < -0.3 is 10.6 Å². The summed E-state index contributed by atoms with van der Waals surface area (Å²) in [6.07, 6.45) is 3.15. The van der Waals surface area contributed by atoms with Crippen LogP contribution in [0.3, 0.4) is 0 Å². The van der Waals surface area contributed by atoms with Gasteiger partial charge in [-0.3, -0.25) is 14.6 Å². The van der Waals surface area contributed by atoms with Gasteiger partial charge in [0, 0.05) is 30.3 Å². The van der Waals surface area contributed by atoms with Gasteiger partial charge in [-0.1, -0.05) is 18.2 Å². The standard InChI is InChI=1S/C17H14N4O2/c1-11(22)20-15-10-13(7-9-18-15)17(23)21-14-6-2-4-12-5-3-8-19-16(12)14/h2-10H,1H3,(H,21,23)(H,18,20,22). The lowest BCUT2D eigenvalue weighted by Crippen LogP contribution is -2.14. The Morgan fingerprint density at radius 3 is 2.61 bits per heavy atom. The van der Waals surface area contributed by atoms with Crippen LogP contribution in [0.1, 0.15) is 17.3 Å². The predicted octanol–water partition coefficient (Wildman–Crippen LogP) is 2.84. The number of rotatable bonds is 3. The third kappa shape index (κ3) is 3.32. The Kier molecular flexibility index (Phi) is 3.97. The highest BCUT2D eigenvalue weighted by atomic mass is 16.2. The Hall–Kier alpha value is -3.28. The first-order valence-corrected chi connectivity index (χ1v) is 7.02. The SMILES string of the molecule is CC(=O)Nc1cc(C(=O)Nc2cccc3cccnc23)ccn1. The van der Waals surface area contributed by atoms with Crippen LogP contribution in [0.2, 0.25) is 0 Å². The van der Waals surface area contributed by atoms with Crippen molar-refractivity contribution < 1.29 is 9.59 Å². The van der Waals surface area contributed by atoms with Gasteiger partial charge in [0.1, 0.15) is 5.82 Å². The molecule has 0 aliphatic carbocycles. The summed E-state index contributed by atoms with van der Waals surface area (Å²) >= 11 is 0. The Balaban J connectivity index is 1.88. The molecule has 0 radical (unpaired) electrons. The fourth-order valence-electron chi connectivity index (χ4n) is 2.22. The molecule has 2 heterocycles. The molecule has 0 spiro atoms. The van der Waals surface area contributed by atoms with E-state index >= 15 is 0 Å². The van der Waals surface area contributed by atoms with E-state index in [4.69, 9.17) is 0 Å². The zero-order valence-corrected chi connectivity index (χ0v) is 12.4. The molecule has 6 heteroatoms. The lowest BCUT2D eigenvalue weighted by atomic mass is 10.1. The number of carbonyl (C=O) groups is 2. The minimum Gasteiger partial charge on any atom is -0.320 e. The van der Waals surface area contributed by atoms with Gasteiger partial charge in [0.2, 0.25) is 5.91 Å². The van der Waals surface area contributed by atoms with Crippen LogP contribution in [0.25, 0.3) is 10.9 Å². The van der Waals surface area contributed by atoms with Crippen LogP contribution in [-0.2, 0) is 4.79 Å². The Morgan fingerprint density at radius 1 is 0.957 bits per heavy atom. The van der Waals surface area contributed by atoms with E-state index in [1.807, 2.05) is 24.3 Å². The molecule has 0 unspecified atom stereocenters. The third-order valence-corrected chi connectivity index (χ3v) is 3.21. The van der Waals surface area contributed by atoms with Crippen molar-refractivity contribution >= 4 is 34.2 Å². The van der Waals surface area contributed by atoms with Crippen LogP contribution >= 0.6 is 0 Å². The van der Waals surface area contributed by atoms with Gasteiger partial charge in [0.15, 0.2) is 0 Å². The molecule has 2 aromatic heterocycles. The molecule has 114 valence electrons. The predicted molar refractivity (Wildman–Crippen MR) is 88.2 cm³/mol. The van der Waals surface area contributed by atoms with Crippen LogP contribution in [-0.4, -0.2) is 21.8 Å². The molecule has 0 atom stereocenters. The Labute approximate surface area is 132 Å². The fourth-order valence-corrected chi connectivity index (χ4v) is 2.22. The van der Waals surface area contributed by atoms with Crippen LogP contribution < -0.4 is 10.6 Å². The summed E-state index contributed by atoms with van der Waals surface area (Å²) < 4.78 is 0. The molecule has 0 aliphatic heterocycles. The minimum atomic E-state index is -0.294. The summed E-state index contributed by atoms with van der Waals surface area (Å²) in [6.45, 7) is 1.39. The molecule has 2 N–H and O–H groups in total. The Morgan fingerprint density at radius 2 is 1.78 bits per heavy atom. The zero-order chi connectivity index (χ0) is 16.2. The minimum absolute atomic E-state index is 0.242. The van der Waals surface area contributed by atoms with Gasteiger partial charge in [-0.05, 0) is 24.3 Å². The highest BCUT2D eigenvalue weighted by Crippen LogP contribution is 2.21. The molecule has 23 heavy (non-hydrogen) atoms. The monoisotopic (exact) mass is 306 g/mol. The Bertz CT molecular complexity index is 887. The number of nitrogens with zero attached hydrogens (tertiary/aromatic N) is 2. The van der Waals surface area contributed by atoms with Crippen molar-refractivity contribution in [2.75, 3.05) is 10.6 Å². The average Bonchev–Trinajstić information content (AvgIpc) is 2.55. The van der Waals surface area contributed by atoms with Crippen molar-refractivity contribution in [3.8, 4) is 0 Å². The molecule has 6 nitrogen and oxygen atoms in total. The number of carbonyl (C=O) groups excluding carboxylic acids is 2. The van der Waals surface area contributed by atoms with Gasteiger partial charge in [-0.15, -0.1) is 0 Å². The summed E-state index contributed by atoms with van der Waals surface area (Å²) in [5.74, 6) is -0.202. The van der Waals surface area contributed by atoms with E-state index in [1.54, 1.807) is 18.3 Å². The smallest absolute Gasteiger partial charge is 0.255 e. The maximum atomic E-state index is 12.4. The molecule has 1 aromatic carbocycles. The first-order valence-electron chi connectivity index (χ1n) is 7.02. The number of hydrogen-bond donors (Lipinski definition) is 2. The highest BCUT2D eigenvalue weighted by molar-refractivity contribution is 6.08. The lowest BCUT2D eigenvalue weighted by molar-refractivity contribution is -0.114. The number of amides is 2. The maximum absolute atomic E-state index is 12.4. The van der Waals surface area contributed by atoms with E-state index in [-0.39, 0.29) is 11.8 Å². The van der Waals surface area contributed by atoms with Crippen molar-refractivity contribution in [1.29, 1.82) is 0 Å². The maximum Gasteiger partial charge on any atom is 0.255 e. The number of para-hydroxylation sites is 1. The van der Waals surface area contributed by atoms with Gasteiger partial charge in [0.25, 0.3) is 5.91 Å². The average molecular weight is 306 g/mol. The van der Waals surface area contributed by atoms with E-state index in [1.165, 1.54) is 19.2 Å². The molecule has 3 rings (SSSR count). The van der Waals surface area contributed by atoms with Crippen LogP contribution in [0.4, 0.5) is 11.5 Å². The lowest BCUT2D eigenvalue weighted by Gasteiger charge is -2.09. The van der Waals surface area contributed by atoms with Crippen molar-refractivity contribution in [2.45, 2.75) is 6.92 Å². The number of hydrogen-bond acceptors (Lipinski definition) is 4. The van der Waals surface area contributed by atoms with Crippen LogP contribution in [0.5, 0.6) is 0 Å². The fraction of sp³-hybridized carbons (Fsp3) is 0.0588. The number of aromatic nitrogens is 2. The van der Waals surface area contributed by atoms with Crippen LogP contribution in [0.15, 0.2) is 54.9 Å². The molecule has 2 amide bonds. The van der Waals surface area contributed by atoms with Gasteiger partial charge in [-0.25, -0.2) is 4.98 Å². The molecular formula is C17H14N4O2. The molecule has 0 bridgehead atoms. The third-order valence-electron chi connectivity index (χ3n) is 3.21. The van der Waals surface area contributed by atoms with Gasteiger partial charge >= 0.3 is 0 Å². The first kappa shape index (κ1) is 14.6. The summed E-state index contributed by atoms with van der Waals surface area (Å²) in [6, 6.07) is 12.5. The second-order valence-corrected chi connectivity index (χ2v) is 4.95. The molecule has 0 saturated carbocycles. The molecule has 3 aromatic rings. The van der Waals surface area contributed by atoms with E-state index in [0.29, 0.717) is 17.1 Å². The first-order chi connectivity index (χ1) is 11.1. The van der Waals surface area contributed by atoms with Gasteiger partial charge in [0.05, 0.1) is 11.2 Å². The second-order valence-electron chi connectivity index (χ2n) is 4.95. The molecule has 0 fully saturated rings. The number of anilines is 2. The van der Waals surface area contributed by atoms with Crippen molar-refractivity contribution in [2.24, 2.45) is 0 Å². The zero-order valence-electron chi connectivity index (χ0n) is 12.4. The summed E-state index contributed by atoms with van der Waals surface area (Å²) in [4.78, 5) is 31.8. The molecule has 0 saturated heterocycles. The summed E-state index contributed by atoms with van der Waals surface area (Å²) in [5.41, 5.74) is 1.75. The number of nitrogens with one attached hydrogen (secondary N) is 2. The van der Waals surface area contributed by atoms with Crippen molar-refractivity contribution in [3.63, 3.8) is 0 Å². The van der Waals surface area contributed by atoms with E-state index < -0.39 is 0 Å². The largest absolute Gasteiger partial charge is 0.320 e. The number of pyridine rings is 2. The van der Waals surface area contributed by atoms with Crippen molar-refractivity contribution in [3.05, 3.63) is 60.4 Å². The van der Waals surface area contributed by atoms with Crippen molar-refractivity contribution in [1.82, 2.24) is 9.97 Å². The number of benzene rings is 1. The van der Waals surface area contributed by atoms with E-state index in [9.17, 15) is 9.59 Å². The van der Waals surface area contributed by atoms with E-state index in [0.717, 1.165) is 10.9 Å². The molecular weight excluding hydrogens is 292 g/mol. The summed E-state index contributed by atoms with van der Waals surface area (Å²) in [5, 5.41) is 6.33. The summed E-state index contributed by atoms with van der Waals surface area (Å²) in [7, 11) is 0. The van der Waals surface area contributed by atoms with Crippen LogP contribution in [0, 0.1) is 0 Å². The van der Waals surface area contributed by atoms with E-state index in [2.05, 4.69) is 20.6 Å². The highest BCUT2D eigenvalue weighted by Gasteiger charge is 2.10. The quantitative estimate of drug-likeness (QED) is 0.779. The topological polar surface area (TPSA) is 84.0 Å². The second kappa shape index (κ2) is 6.23. The number of fused-ring (bicyclic) bond motifs is 1. The molecule has 0 aliphatic rings. The normalized spacial score (nSPS) is 10.3.